The predicted octanol–water partition coefficient (Wildman–Crippen LogP) is 4.96. The van der Waals surface area contributed by atoms with Crippen molar-refractivity contribution in [2.24, 2.45) is 5.92 Å². The molecule has 1 aliphatic rings. The van der Waals surface area contributed by atoms with Crippen LogP contribution in [0.2, 0.25) is 0 Å². The summed E-state index contributed by atoms with van der Waals surface area (Å²) in [6, 6.07) is 19.5. The highest BCUT2D eigenvalue weighted by atomic mass is 16.5. The minimum absolute atomic E-state index is 0.102. The third kappa shape index (κ3) is 4.80. The van der Waals surface area contributed by atoms with E-state index in [0.717, 1.165) is 34.5 Å². The van der Waals surface area contributed by atoms with Gasteiger partial charge in [0.15, 0.2) is 5.82 Å². The highest BCUT2D eigenvalue weighted by Crippen LogP contribution is 2.32. The molecule has 1 amide bonds. The molecular formula is C27H26N4O2. The van der Waals surface area contributed by atoms with Gasteiger partial charge in [0.25, 0.3) is 5.91 Å². The van der Waals surface area contributed by atoms with Crippen LogP contribution in [0.5, 0.6) is 5.75 Å². The number of nitrogens with zero attached hydrogens (tertiary/aromatic N) is 3. The Morgan fingerprint density at radius 1 is 1.00 bits per heavy atom. The number of carbonyl (C=O) groups excluding carboxylic acids is 1. The lowest BCUT2D eigenvalue weighted by atomic mass is 10.1. The molecule has 166 valence electrons. The summed E-state index contributed by atoms with van der Waals surface area (Å²) in [5.74, 6) is 1.99. The highest BCUT2D eigenvalue weighted by molar-refractivity contribution is 5.94. The van der Waals surface area contributed by atoms with Crippen LogP contribution >= 0.6 is 0 Å². The van der Waals surface area contributed by atoms with Gasteiger partial charge < -0.3 is 14.6 Å². The van der Waals surface area contributed by atoms with Gasteiger partial charge in [-0.3, -0.25) is 4.79 Å². The van der Waals surface area contributed by atoms with Crippen molar-refractivity contribution in [2.75, 3.05) is 7.11 Å². The lowest BCUT2D eigenvalue weighted by Crippen LogP contribution is -2.25. The molecule has 0 atom stereocenters. The third-order valence-corrected chi connectivity index (χ3v) is 5.93. The molecular weight excluding hydrogens is 412 g/mol. The first-order chi connectivity index (χ1) is 16.2. The molecule has 1 N–H and O–H groups in total. The van der Waals surface area contributed by atoms with Gasteiger partial charge in [-0.05, 0) is 30.9 Å². The van der Waals surface area contributed by atoms with Crippen LogP contribution in [0.25, 0.3) is 22.5 Å². The van der Waals surface area contributed by atoms with Gasteiger partial charge in [-0.25, -0.2) is 9.97 Å². The van der Waals surface area contributed by atoms with Crippen LogP contribution in [0.1, 0.15) is 28.9 Å². The van der Waals surface area contributed by atoms with Crippen LogP contribution in [0.4, 0.5) is 0 Å². The minimum Gasteiger partial charge on any atom is -0.496 e. The number of amides is 1. The molecule has 0 saturated heterocycles. The number of methoxy groups -OCH3 is 1. The predicted molar refractivity (Wildman–Crippen MR) is 128 cm³/mol. The summed E-state index contributed by atoms with van der Waals surface area (Å²) in [6.45, 7) is 1.25. The number of ether oxygens (including phenoxy) is 1. The number of aromatic nitrogens is 3. The Balaban J connectivity index is 1.37. The van der Waals surface area contributed by atoms with E-state index < -0.39 is 0 Å². The lowest BCUT2D eigenvalue weighted by Gasteiger charge is -2.11. The molecule has 6 heteroatoms. The van der Waals surface area contributed by atoms with E-state index in [0.29, 0.717) is 24.0 Å². The number of benzene rings is 2. The molecule has 2 aromatic carbocycles. The van der Waals surface area contributed by atoms with E-state index >= 15 is 0 Å². The van der Waals surface area contributed by atoms with Gasteiger partial charge >= 0.3 is 0 Å². The quantitative estimate of drug-likeness (QED) is 0.422. The molecule has 0 bridgehead atoms. The Morgan fingerprint density at radius 2 is 1.73 bits per heavy atom. The SMILES string of the molecule is COc1ccccc1CNC(=O)c1cc(-c2cnc(-c3ccccc3)nc2)cn1CC1CC1. The number of hydrogen-bond acceptors (Lipinski definition) is 4. The summed E-state index contributed by atoms with van der Waals surface area (Å²) < 4.78 is 7.47. The van der Waals surface area contributed by atoms with E-state index in [1.807, 2.05) is 79.3 Å². The zero-order valence-electron chi connectivity index (χ0n) is 18.6. The molecule has 1 saturated carbocycles. The van der Waals surface area contributed by atoms with Gasteiger partial charge in [-0.15, -0.1) is 0 Å². The van der Waals surface area contributed by atoms with Crippen molar-refractivity contribution < 1.29 is 9.53 Å². The fraction of sp³-hybridized carbons (Fsp3) is 0.222. The number of para-hydroxylation sites is 1. The zero-order valence-corrected chi connectivity index (χ0v) is 18.6. The summed E-state index contributed by atoms with van der Waals surface area (Å²) in [7, 11) is 1.64. The summed E-state index contributed by atoms with van der Waals surface area (Å²) in [4.78, 5) is 22.2. The van der Waals surface area contributed by atoms with E-state index in [-0.39, 0.29) is 5.91 Å². The van der Waals surface area contributed by atoms with Crippen LogP contribution in [-0.2, 0) is 13.1 Å². The van der Waals surface area contributed by atoms with E-state index in [1.165, 1.54) is 12.8 Å². The fourth-order valence-electron chi connectivity index (χ4n) is 3.92. The maximum atomic E-state index is 13.1. The second-order valence-corrected chi connectivity index (χ2v) is 8.37. The Bertz CT molecular complexity index is 1240. The molecule has 33 heavy (non-hydrogen) atoms. The topological polar surface area (TPSA) is 69.0 Å². The monoisotopic (exact) mass is 438 g/mol. The largest absolute Gasteiger partial charge is 0.496 e. The van der Waals surface area contributed by atoms with Crippen molar-refractivity contribution in [1.29, 1.82) is 0 Å². The fourth-order valence-corrected chi connectivity index (χ4v) is 3.92. The molecule has 2 aromatic heterocycles. The zero-order chi connectivity index (χ0) is 22.6. The second-order valence-electron chi connectivity index (χ2n) is 8.37. The van der Waals surface area contributed by atoms with Crippen LogP contribution < -0.4 is 10.1 Å². The normalized spacial score (nSPS) is 13.0. The van der Waals surface area contributed by atoms with Crippen LogP contribution in [0.15, 0.2) is 79.3 Å². The Morgan fingerprint density at radius 3 is 2.45 bits per heavy atom. The van der Waals surface area contributed by atoms with Gasteiger partial charge in [0, 0.05) is 53.9 Å². The number of hydrogen-bond donors (Lipinski definition) is 1. The molecule has 1 aliphatic carbocycles. The van der Waals surface area contributed by atoms with Gasteiger partial charge in [-0.1, -0.05) is 48.5 Å². The van der Waals surface area contributed by atoms with E-state index in [1.54, 1.807) is 7.11 Å². The van der Waals surface area contributed by atoms with E-state index in [9.17, 15) is 4.79 Å². The standard InChI is InChI=1S/C27H26N4O2/c1-33-25-10-6-5-9-21(25)14-30-27(32)24-13-22(18-31(24)17-19-11-12-19)23-15-28-26(29-16-23)20-7-3-2-4-8-20/h2-10,13,15-16,18-19H,11-12,14,17H2,1H3,(H,30,32). The first-order valence-electron chi connectivity index (χ1n) is 11.2. The van der Waals surface area contributed by atoms with Crippen LogP contribution in [0.3, 0.4) is 0 Å². The van der Waals surface area contributed by atoms with Crippen molar-refractivity contribution >= 4 is 5.91 Å². The molecule has 6 nitrogen and oxygen atoms in total. The number of rotatable bonds is 8. The van der Waals surface area contributed by atoms with Gasteiger partial charge in [0.05, 0.1) is 7.11 Å². The molecule has 1 fully saturated rings. The first kappa shape index (κ1) is 20.9. The third-order valence-electron chi connectivity index (χ3n) is 5.93. The summed E-state index contributed by atoms with van der Waals surface area (Å²) in [6.07, 6.45) is 8.11. The Labute approximate surface area is 193 Å². The van der Waals surface area contributed by atoms with E-state index in [4.69, 9.17) is 4.74 Å². The molecule has 5 rings (SSSR count). The molecule has 2 heterocycles. The summed E-state index contributed by atoms with van der Waals surface area (Å²) in [5.41, 5.74) is 4.41. The summed E-state index contributed by atoms with van der Waals surface area (Å²) in [5, 5.41) is 3.05. The van der Waals surface area contributed by atoms with Crippen molar-refractivity contribution in [3.63, 3.8) is 0 Å². The second kappa shape index (κ2) is 9.28. The van der Waals surface area contributed by atoms with Crippen molar-refractivity contribution in [2.45, 2.75) is 25.9 Å². The van der Waals surface area contributed by atoms with Crippen molar-refractivity contribution in [1.82, 2.24) is 19.9 Å². The molecule has 0 radical (unpaired) electrons. The highest BCUT2D eigenvalue weighted by Gasteiger charge is 2.24. The van der Waals surface area contributed by atoms with Crippen molar-refractivity contribution in [3.8, 4) is 28.3 Å². The van der Waals surface area contributed by atoms with Crippen LogP contribution in [-0.4, -0.2) is 27.6 Å². The first-order valence-corrected chi connectivity index (χ1v) is 11.2. The van der Waals surface area contributed by atoms with Gasteiger partial charge in [0.2, 0.25) is 0 Å². The molecule has 0 unspecified atom stereocenters. The molecule has 0 spiro atoms. The van der Waals surface area contributed by atoms with Gasteiger partial charge in [0.1, 0.15) is 11.4 Å². The average Bonchev–Trinajstić information content (AvgIpc) is 3.59. The number of nitrogens with one attached hydrogen (secondary N) is 1. The maximum absolute atomic E-state index is 13.1. The Kier molecular flexibility index (Phi) is 5.89. The van der Waals surface area contributed by atoms with Gasteiger partial charge in [-0.2, -0.15) is 0 Å². The van der Waals surface area contributed by atoms with Crippen LogP contribution in [0, 0.1) is 5.92 Å². The average molecular weight is 439 g/mol. The van der Waals surface area contributed by atoms with E-state index in [2.05, 4.69) is 19.9 Å². The number of carbonyl (C=O) groups is 1. The minimum atomic E-state index is -0.102. The lowest BCUT2D eigenvalue weighted by molar-refractivity contribution is 0.0941. The smallest absolute Gasteiger partial charge is 0.268 e. The molecule has 0 aliphatic heterocycles. The maximum Gasteiger partial charge on any atom is 0.268 e. The molecule has 4 aromatic rings. The summed E-state index contributed by atoms with van der Waals surface area (Å²) >= 11 is 0. The van der Waals surface area contributed by atoms with Crippen molar-refractivity contribution in [3.05, 3.63) is 90.5 Å². The Hall–Kier alpha value is -3.93.